The molecule has 0 aliphatic rings. The topological polar surface area (TPSA) is 46.5 Å². The highest BCUT2D eigenvalue weighted by atomic mass is 16.8. The van der Waals surface area contributed by atoms with E-state index in [1.54, 1.807) is 0 Å². The Kier molecular flexibility index (Phi) is 3.02. The Morgan fingerprint density at radius 1 is 1.83 bits per heavy atom. The molecule has 0 fully saturated rings. The molecule has 0 atom stereocenters. The molecule has 3 nitrogen and oxygen atoms in total. The monoisotopic (exact) mass is 90.1 g/mol. The predicted octanol–water partition coefficient (Wildman–Crippen LogP) is 0.585. The van der Waals surface area contributed by atoms with E-state index < -0.39 is 0 Å². The zero-order chi connectivity index (χ0) is 4.99. The maximum Gasteiger partial charge on any atom is 0.0101 e. The van der Waals surface area contributed by atoms with Crippen LogP contribution in [-0.4, -0.2) is 17.0 Å². The SMILES string of the molecule is CCCN([O-])O. The van der Waals surface area contributed by atoms with Gasteiger partial charge in [0.15, 0.2) is 0 Å². The fraction of sp³-hybridized carbons (Fsp3) is 1.00. The van der Waals surface area contributed by atoms with Crippen molar-refractivity contribution in [3.05, 3.63) is 5.21 Å². The second-order valence-electron chi connectivity index (χ2n) is 1.08. The van der Waals surface area contributed by atoms with Gasteiger partial charge in [0, 0.05) is 6.54 Å². The van der Waals surface area contributed by atoms with Crippen molar-refractivity contribution in [2.45, 2.75) is 13.3 Å². The van der Waals surface area contributed by atoms with Crippen LogP contribution in [-0.2, 0) is 0 Å². The highest BCUT2D eigenvalue weighted by molar-refractivity contribution is 4.35. The van der Waals surface area contributed by atoms with Gasteiger partial charge < -0.3 is 10.4 Å². The molecule has 0 saturated carbocycles. The Morgan fingerprint density at radius 2 is 2.33 bits per heavy atom. The number of nitrogens with zero attached hydrogens (tertiary/aromatic N) is 1. The lowest BCUT2D eigenvalue weighted by molar-refractivity contribution is -0.0400. The van der Waals surface area contributed by atoms with Crippen molar-refractivity contribution < 1.29 is 5.21 Å². The van der Waals surface area contributed by atoms with Crippen molar-refractivity contribution in [3.63, 3.8) is 0 Å². The molecule has 0 heterocycles. The van der Waals surface area contributed by atoms with Gasteiger partial charge in [-0.05, 0) is 6.42 Å². The van der Waals surface area contributed by atoms with Crippen LogP contribution in [0.5, 0.6) is 0 Å². The normalized spacial score (nSPS) is 10.0. The summed E-state index contributed by atoms with van der Waals surface area (Å²) in [5.41, 5.74) is 0. The molecule has 0 unspecified atom stereocenters. The fourth-order valence-electron chi connectivity index (χ4n) is 0.191. The van der Waals surface area contributed by atoms with Crippen LogP contribution in [0.4, 0.5) is 0 Å². The van der Waals surface area contributed by atoms with Gasteiger partial charge in [0.25, 0.3) is 0 Å². The van der Waals surface area contributed by atoms with Gasteiger partial charge in [-0.3, -0.25) is 5.23 Å². The molecular weight excluding hydrogens is 82.0 g/mol. The minimum atomic E-state index is -0.0694. The Bertz CT molecular complexity index is 30.0. The van der Waals surface area contributed by atoms with Gasteiger partial charge in [0.05, 0.1) is 0 Å². The lowest BCUT2D eigenvalue weighted by Gasteiger charge is -2.16. The predicted molar refractivity (Wildman–Crippen MR) is 22.2 cm³/mol. The molecule has 0 radical (unpaired) electrons. The largest absolute Gasteiger partial charge is 0.762 e. The van der Waals surface area contributed by atoms with Gasteiger partial charge >= 0.3 is 0 Å². The van der Waals surface area contributed by atoms with Gasteiger partial charge in [-0.25, -0.2) is 0 Å². The number of hydrogen-bond donors (Lipinski definition) is 1. The lowest BCUT2D eigenvalue weighted by Crippen LogP contribution is -2.09. The maximum atomic E-state index is 9.52. The van der Waals surface area contributed by atoms with Gasteiger partial charge in [0.1, 0.15) is 0 Å². The molecule has 38 valence electrons. The van der Waals surface area contributed by atoms with Crippen molar-refractivity contribution in [1.82, 2.24) is 5.23 Å². The second-order valence-corrected chi connectivity index (χ2v) is 1.08. The quantitative estimate of drug-likeness (QED) is 0.504. The summed E-state index contributed by atoms with van der Waals surface area (Å²) in [5, 5.41) is 17.3. The standard InChI is InChI=1S/C3H8NO2/c1-2-3-4(5)6/h5H,2-3H2,1H3/q-1. The van der Waals surface area contributed by atoms with Gasteiger partial charge in [0.2, 0.25) is 0 Å². The van der Waals surface area contributed by atoms with Crippen molar-refractivity contribution >= 4 is 0 Å². The Morgan fingerprint density at radius 3 is 2.33 bits per heavy atom. The third-order valence-electron chi connectivity index (χ3n) is 0.415. The molecule has 0 spiro atoms. The van der Waals surface area contributed by atoms with Gasteiger partial charge in [-0.1, -0.05) is 6.92 Å². The van der Waals surface area contributed by atoms with E-state index in [9.17, 15) is 5.21 Å². The summed E-state index contributed by atoms with van der Waals surface area (Å²) in [4.78, 5) is 0. The summed E-state index contributed by atoms with van der Waals surface area (Å²) in [6.07, 6.45) is 0.694. The number of hydroxylamine groups is 2. The molecule has 0 aromatic carbocycles. The van der Waals surface area contributed by atoms with E-state index in [1.165, 1.54) is 0 Å². The molecule has 6 heavy (non-hydrogen) atoms. The number of hydrogen-bond acceptors (Lipinski definition) is 3. The first-order chi connectivity index (χ1) is 2.77. The minimum absolute atomic E-state index is 0.0694. The second kappa shape index (κ2) is 3.08. The molecule has 3 heteroatoms. The van der Waals surface area contributed by atoms with Crippen molar-refractivity contribution in [3.8, 4) is 0 Å². The Labute approximate surface area is 36.7 Å². The first kappa shape index (κ1) is 5.88. The van der Waals surface area contributed by atoms with E-state index in [4.69, 9.17) is 5.21 Å². The maximum absolute atomic E-state index is 9.52. The smallest absolute Gasteiger partial charge is 0.0101 e. The third kappa shape index (κ3) is 3.88. The zero-order valence-electron chi connectivity index (χ0n) is 3.72. The molecule has 0 aromatic rings. The van der Waals surface area contributed by atoms with Crippen LogP contribution in [0.2, 0.25) is 0 Å². The summed E-state index contributed by atoms with van der Waals surface area (Å²) < 4.78 is 0. The fourth-order valence-corrected chi connectivity index (χ4v) is 0.191. The van der Waals surface area contributed by atoms with E-state index in [0.29, 0.717) is 6.42 Å². The van der Waals surface area contributed by atoms with E-state index in [-0.39, 0.29) is 11.8 Å². The average Bonchev–Trinajstić information content (AvgIpc) is 1.35. The van der Waals surface area contributed by atoms with Crippen LogP contribution in [0.15, 0.2) is 0 Å². The van der Waals surface area contributed by atoms with E-state index in [2.05, 4.69) is 0 Å². The summed E-state index contributed by atoms with van der Waals surface area (Å²) in [5.74, 6) is 0. The van der Waals surface area contributed by atoms with Crippen LogP contribution < -0.4 is 0 Å². The minimum Gasteiger partial charge on any atom is -0.762 e. The molecule has 1 N–H and O–H groups in total. The first-order valence-electron chi connectivity index (χ1n) is 1.91. The lowest BCUT2D eigenvalue weighted by atomic mass is 10.5. The average molecular weight is 90.1 g/mol. The third-order valence-corrected chi connectivity index (χ3v) is 0.415. The van der Waals surface area contributed by atoms with E-state index >= 15 is 0 Å². The van der Waals surface area contributed by atoms with Crippen LogP contribution in [0.3, 0.4) is 0 Å². The molecular formula is C3H8NO2-. The molecule has 0 rings (SSSR count). The van der Waals surface area contributed by atoms with E-state index in [1.807, 2.05) is 6.92 Å². The van der Waals surface area contributed by atoms with Gasteiger partial charge in [-0.15, -0.1) is 0 Å². The number of rotatable bonds is 2. The van der Waals surface area contributed by atoms with Crippen molar-refractivity contribution in [1.29, 1.82) is 0 Å². The molecule has 0 amide bonds. The first-order valence-corrected chi connectivity index (χ1v) is 1.91. The zero-order valence-corrected chi connectivity index (χ0v) is 3.72. The van der Waals surface area contributed by atoms with Crippen LogP contribution in [0.1, 0.15) is 13.3 Å². The molecule has 0 saturated heterocycles. The molecule has 0 aliphatic carbocycles. The Hall–Kier alpha value is -0.120. The van der Waals surface area contributed by atoms with Gasteiger partial charge in [-0.2, -0.15) is 0 Å². The molecule has 0 aromatic heterocycles. The van der Waals surface area contributed by atoms with Crippen molar-refractivity contribution in [2.24, 2.45) is 0 Å². The Balaban J connectivity index is 2.63. The highest BCUT2D eigenvalue weighted by Crippen LogP contribution is 1.77. The summed E-state index contributed by atoms with van der Waals surface area (Å²) in [7, 11) is 0. The van der Waals surface area contributed by atoms with Crippen LogP contribution in [0.25, 0.3) is 0 Å². The summed E-state index contributed by atoms with van der Waals surface area (Å²) in [6, 6.07) is 0. The van der Waals surface area contributed by atoms with Crippen molar-refractivity contribution in [2.75, 3.05) is 6.54 Å². The molecule has 0 bridgehead atoms. The summed E-state index contributed by atoms with van der Waals surface area (Å²) >= 11 is 0. The summed E-state index contributed by atoms with van der Waals surface area (Å²) in [6.45, 7) is 2.03. The van der Waals surface area contributed by atoms with E-state index in [0.717, 1.165) is 0 Å². The highest BCUT2D eigenvalue weighted by Gasteiger charge is 1.73. The molecule has 0 aliphatic heterocycles. The van der Waals surface area contributed by atoms with Crippen LogP contribution >= 0.6 is 0 Å². The van der Waals surface area contributed by atoms with Crippen LogP contribution in [0, 0.1) is 5.21 Å².